The molecule has 2 saturated carbocycles. The molecule has 0 aliphatic heterocycles. The zero-order valence-electron chi connectivity index (χ0n) is 6.27. The lowest BCUT2D eigenvalue weighted by atomic mass is 9.92. The van der Waals surface area contributed by atoms with Gasteiger partial charge in [-0.1, -0.05) is 12.2 Å². The van der Waals surface area contributed by atoms with Crippen molar-refractivity contribution in [3.63, 3.8) is 0 Å². The Hall–Kier alpha value is -0.340. The first-order valence-corrected chi connectivity index (χ1v) is 4.30. The van der Waals surface area contributed by atoms with E-state index in [1.807, 2.05) is 0 Å². The van der Waals surface area contributed by atoms with Crippen LogP contribution in [0.4, 0.5) is 0 Å². The zero-order valence-corrected chi connectivity index (χ0v) is 6.27. The summed E-state index contributed by atoms with van der Waals surface area (Å²) >= 11 is 0. The molecule has 2 N–H and O–H groups in total. The fraction of sp³-hybridized carbons (Fsp3) is 0.778. The molecule has 3 rings (SSSR count). The monoisotopic (exact) mass is 152 g/mol. The second-order valence-corrected chi connectivity index (χ2v) is 4.11. The molecule has 0 aromatic rings. The molecule has 0 bridgehead atoms. The second-order valence-electron chi connectivity index (χ2n) is 4.11. The lowest BCUT2D eigenvalue weighted by Crippen LogP contribution is -2.24. The van der Waals surface area contributed by atoms with E-state index < -0.39 is 5.60 Å². The number of hydrogen-bond donors (Lipinski definition) is 2. The minimum Gasteiger partial charge on any atom is -0.396 e. The number of fused-ring (bicyclic) bond motifs is 1. The Balaban J connectivity index is 1.97. The van der Waals surface area contributed by atoms with E-state index in [1.54, 1.807) is 0 Å². The molecule has 0 amide bonds. The molecule has 2 nitrogen and oxygen atoms in total. The van der Waals surface area contributed by atoms with Gasteiger partial charge in [-0.25, -0.2) is 0 Å². The molecule has 60 valence electrons. The third-order valence-corrected chi connectivity index (χ3v) is 3.81. The summed E-state index contributed by atoms with van der Waals surface area (Å²) in [5, 5.41) is 19.0. The van der Waals surface area contributed by atoms with Gasteiger partial charge in [-0.3, -0.25) is 0 Å². The fourth-order valence-electron chi connectivity index (χ4n) is 3.18. The van der Waals surface area contributed by atoms with Crippen LogP contribution in [-0.4, -0.2) is 22.4 Å². The van der Waals surface area contributed by atoms with Crippen LogP contribution >= 0.6 is 0 Å². The molecule has 0 heterocycles. The number of aliphatic hydroxyl groups is 2. The summed E-state index contributed by atoms with van der Waals surface area (Å²) in [4.78, 5) is 0. The lowest BCUT2D eigenvalue weighted by Gasteiger charge is -2.18. The van der Waals surface area contributed by atoms with Crippen LogP contribution in [0.2, 0.25) is 0 Å². The molecule has 11 heavy (non-hydrogen) atoms. The summed E-state index contributed by atoms with van der Waals surface area (Å²) in [6.07, 6.45) is 5.25. The quantitative estimate of drug-likeness (QED) is 0.525. The summed E-state index contributed by atoms with van der Waals surface area (Å²) < 4.78 is 0. The van der Waals surface area contributed by atoms with Crippen LogP contribution in [0.25, 0.3) is 0 Å². The first-order chi connectivity index (χ1) is 5.28. The van der Waals surface area contributed by atoms with Crippen molar-refractivity contribution < 1.29 is 10.2 Å². The van der Waals surface area contributed by atoms with E-state index in [0.29, 0.717) is 17.8 Å². The molecular weight excluding hydrogens is 140 g/mol. The second kappa shape index (κ2) is 1.54. The van der Waals surface area contributed by atoms with Crippen molar-refractivity contribution in [1.82, 2.24) is 0 Å². The highest BCUT2D eigenvalue weighted by Gasteiger charge is 2.74. The average Bonchev–Trinajstić information content (AvgIpc) is 2.33. The molecule has 2 heteroatoms. The molecule has 5 atom stereocenters. The van der Waals surface area contributed by atoms with Crippen LogP contribution in [0.1, 0.15) is 6.42 Å². The molecule has 0 spiro atoms. The molecule has 0 saturated heterocycles. The Labute approximate surface area is 65.5 Å². The van der Waals surface area contributed by atoms with E-state index in [1.165, 1.54) is 0 Å². The molecule has 0 aromatic heterocycles. The van der Waals surface area contributed by atoms with Gasteiger partial charge in [0.1, 0.15) is 0 Å². The summed E-state index contributed by atoms with van der Waals surface area (Å²) in [6.45, 7) is 0.237. The van der Waals surface area contributed by atoms with Gasteiger partial charge >= 0.3 is 0 Å². The Kier molecular flexibility index (Phi) is 0.871. The zero-order chi connectivity index (χ0) is 7.64. The minimum absolute atomic E-state index is 0.237. The lowest BCUT2D eigenvalue weighted by molar-refractivity contribution is 0.0773. The molecule has 3 aliphatic carbocycles. The van der Waals surface area contributed by atoms with Crippen molar-refractivity contribution in [1.29, 1.82) is 0 Å². The summed E-state index contributed by atoms with van der Waals surface area (Å²) in [6, 6.07) is 0. The van der Waals surface area contributed by atoms with Gasteiger partial charge in [0.2, 0.25) is 0 Å². The Morgan fingerprint density at radius 3 is 2.73 bits per heavy atom. The summed E-state index contributed by atoms with van der Waals surface area (Å²) in [5.41, 5.74) is -0.409. The Bertz CT molecular complexity index is 236. The SMILES string of the molecule is OCC1CC2C3C=CC1C32O. The molecule has 0 aromatic carbocycles. The maximum Gasteiger partial charge on any atom is 0.0814 e. The number of rotatable bonds is 1. The standard InChI is InChI=1S/C9H12O2/c10-4-5-3-8-7-2-1-6(5)9(7,8)11/h1-2,5-8,10-11H,3-4H2. The topological polar surface area (TPSA) is 40.5 Å². The van der Waals surface area contributed by atoms with Crippen molar-refractivity contribution in [3.8, 4) is 0 Å². The number of hydrogen-bond acceptors (Lipinski definition) is 2. The van der Waals surface area contributed by atoms with E-state index in [4.69, 9.17) is 5.11 Å². The maximum atomic E-state index is 10.00. The van der Waals surface area contributed by atoms with Gasteiger partial charge < -0.3 is 10.2 Å². The van der Waals surface area contributed by atoms with Crippen LogP contribution in [-0.2, 0) is 0 Å². The molecule has 0 radical (unpaired) electrons. The minimum atomic E-state index is -0.409. The fourth-order valence-corrected chi connectivity index (χ4v) is 3.18. The smallest absolute Gasteiger partial charge is 0.0814 e. The first kappa shape index (κ1) is 6.21. The Morgan fingerprint density at radius 1 is 1.36 bits per heavy atom. The van der Waals surface area contributed by atoms with Crippen LogP contribution in [0.15, 0.2) is 12.2 Å². The van der Waals surface area contributed by atoms with Gasteiger partial charge in [-0.05, 0) is 18.3 Å². The van der Waals surface area contributed by atoms with Crippen molar-refractivity contribution in [3.05, 3.63) is 12.2 Å². The normalized spacial score (nSPS) is 63.5. The van der Waals surface area contributed by atoms with Gasteiger partial charge in [-0.2, -0.15) is 0 Å². The van der Waals surface area contributed by atoms with Gasteiger partial charge in [0, 0.05) is 18.4 Å². The third kappa shape index (κ3) is 0.472. The van der Waals surface area contributed by atoms with Gasteiger partial charge in [-0.15, -0.1) is 0 Å². The predicted octanol–water partition coefficient (Wildman–Crippen LogP) is 0.162. The van der Waals surface area contributed by atoms with E-state index in [-0.39, 0.29) is 12.5 Å². The van der Waals surface area contributed by atoms with Crippen molar-refractivity contribution >= 4 is 0 Å². The Morgan fingerprint density at radius 2 is 2.09 bits per heavy atom. The van der Waals surface area contributed by atoms with Crippen molar-refractivity contribution in [2.24, 2.45) is 23.7 Å². The highest BCUT2D eigenvalue weighted by molar-refractivity contribution is 5.36. The average molecular weight is 152 g/mol. The highest BCUT2D eigenvalue weighted by atomic mass is 16.3. The summed E-state index contributed by atoms with van der Waals surface area (Å²) in [7, 11) is 0. The predicted molar refractivity (Wildman–Crippen MR) is 39.8 cm³/mol. The van der Waals surface area contributed by atoms with E-state index >= 15 is 0 Å². The number of aliphatic hydroxyl groups excluding tert-OH is 1. The third-order valence-electron chi connectivity index (χ3n) is 3.81. The van der Waals surface area contributed by atoms with E-state index in [2.05, 4.69) is 12.2 Å². The molecule has 5 unspecified atom stereocenters. The molecular formula is C9H12O2. The van der Waals surface area contributed by atoms with Crippen LogP contribution in [0.5, 0.6) is 0 Å². The van der Waals surface area contributed by atoms with E-state index in [0.717, 1.165) is 6.42 Å². The van der Waals surface area contributed by atoms with Crippen LogP contribution < -0.4 is 0 Å². The van der Waals surface area contributed by atoms with Crippen molar-refractivity contribution in [2.45, 2.75) is 12.0 Å². The van der Waals surface area contributed by atoms with Gasteiger partial charge in [0.05, 0.1) is 5.60 Å². The van der Waals surface area contributed by atoms with Crippen LogP contribution in [0, 0.1) is 23.7 Å². The van der Waals surface area contributed by atoms with Crippen LogP contribution in [0.3, 0.4) is 0 Å². The van der Waals surface area contributed by atoms with Gasteiger partial charge in [0.15, 0.2) is 0 Å². The largest absolute Gasteiger partial charge is 0.396 e. The first-order valence-electron chi connectivity index (χ1n) is 4.30. The summed E-state index contributed by atoms with van der Waals surface area (Å²) in [5.74, 6) is 1.52. The molecule has 3 aliphatic rings. The van der Waals surface area contributed by atoms with Crippen molar-refractivity contribution in [2.75, 3.05) is 6.61 Å². The highest BCUT2D eigenvalue weighted by Crippen LogP contribution is 2.69. The van der Waals surface area contributed by atoms with E-state index in [9.17, 15) is 5.11 Å². The maximum absolute atomic E-state index is 10.00. The van der Waals surface area contributed by atoms with Gasteiger partial charge in [0.25, 0.3) is 0 Å². The molecule has 2 fully saturated rings.